The molecule has 0 aromatic carbocycles. The fourth-order valence-corrected chi connectivity index (χ4v) is 0. The Labute approximate surface area is 67.2 Å². The molecule has 4 heteroatoms. The minimum atomic E-state index is -0.840. The summed E-state index contributed by atoms with van der Waals surface area (Å²) in [6, 6.07) is 0. The van der Waals surface area contributed by atoms with Crippen LogP contribution in [0.5, 0.6) is 0 Å². The molecule has 2 nitrogen and oxygen atoms in total. The molecule has 0 aromatic rings. The van der Waals surface area contributed by atoms with Crippen LogP contribution >= 0.6 is 32.9 Å². The van der Waals surface area contributed by atoms with E-state index in [2.05, 4.69) is 15.9 Å². The molecule has 0 aliphatic heterocycles. The molecule has 0 heterocycles. The Balaban J connectivity index is 0. The number of carboxylic acids is 1. The first-order valence-corrected chi connectivity index (χ1v) is 2.66. The van der Waals surface area contributed by atoms with Crippen LogP contribution < -0.4 is 0 Å². The largest absolute Gasteiger partial charge is 0.480 e. The minimum Gasteiger partial charge on any atom is -0.480 e. The summed E-state index contributed by atoms with van der Waals surface area (Å²) in [5.74, 6) is -0.840. The zero-order valence-corrected chi connectivity index (χ0v) is 7.94. The number of carboxylic acid groups (broad SMARTS) is 1. The second-order valence-electron chi connectivity index (χ2n) is 1.78. The van der Waals surface area contributed by atoms with Crippen molar-refractivity contribution in [2.24, 2.45) is 0 Å². The third-order valence-electron chi connectivity index (χ3n) is 0.509. The van der Waals surface area contributed by atoms with E-state index in [1.54, 1.807) is 13.8 Å². The first kappa shape index (κ1) is 11.3. The molecule has 0 rings (SSSR count). The molecule has 0 aliphatic rings. The maximum absolute atomic E-state index is 9.97. The summed E-state index contributed by atoms with van der Waals surface area (Å²) in [6.07, 6.45) is 0. The van der Waals surface area contributed by atoms with E-state index in [1.807, 2.05) is 0 Å². The van der Waals surface area contributed by atoms with Crippen LogP contribution in [0.15, 0.2) is 0 Å². The van der Waals surface area contributed by atoms with Crippen LogP contribution in [0.3, 0.4) is 0 Å². The SMILES string of the molecule is Br.CC(C)(Br)C(=O)O. The standard InChI is InChI=1S/C4H7BrO2.BrH/c1-4(2,5)3(6)7;/h1-2H3,(H,6,7);1H. The molecule has 0 atom stereocenters. The Morgan fingerprint density at radius 2 is 1.75 bits per heavy atom. The molecule has 0 saturated heterocycles. The molecule has 50 valence electrons. The van der Waals surface area contributed by atoms with E-state index in [0.717, 1.165) is 0 Å². The highest BCUT2D eigenvalue weighted by atomic mass is 79.9. The van der Waals surface area contributed by atoms with Gasteiger partial charge < -0.3 is 5.11 Å². The van der Waals surface area contributed by atoms with Crippen LogP contribution in [0.1, 0.15) is 13.8 Å². The van der Waals surface area contributed by atoms with Gasteiger partial charge in [0.05, 0.1) is 0 Å². The Kier molecular flexibility index (Phi) is 4.86. The summed E-state index contributed by atoms with van der Waals surface area (Å²) < 4.78 is -0.771. The Morgan fingerprint density at radius 3 is 1.75 bits per heavy atom. The second-order valence-corrected chi connectivity index (χ2v) is 3.76. The third-order valence-corrected chi connectivity index (χ3v) is 0.848. The van der Waals surface area contributed by atoms with Gasteiger partial charge in [-0.3, -0.25) is 4.79 Å². The number of aliphatic carboxylic acids is 1. The Morgan fingerprint density at radius 1 is 1.62 bits per heavy atom. The number of hydrogen-bond acceptors (Lipinski definition) is 1. The molecule has 0 bridgehead atoms. The lowest BCUT2D eigenvalue weighted by atomic mass is 10.2. The third kappa shape index (κ3) is 4.59. The van der Waals surface area contributed by atoms with E-state index < -0.39 is 10.3 Å². The summed E-state index contributed by atoms with van der Waals surface area (Å²) in [5.41, 5.74) is 0. The average molecular weight is 248 g/mol. The summed E-state index contributed by atoms with van der Waals surface area (Å²) in [4.78, 5) is 9.97. The monoisotopic (exact) mass is 246 g/mol. The van der Waals surface area contributed by atoms with Gasteiger partial charge >= 0.3 is 5.97 Å². The maximum Gasteiger partial charge on any atom is 0.319 e. The van der Waals surface area contributed by atoms with Gasteiger partial charge in [-0.25, -0.2) is 0 Å². The van der Waals surface area contributed by atoms with Gasteiger partial charge in [-0.15, -0.1) is 17.0 Å². The van der Waals surface area contributed by atoms with Gasteiger partial charge in [-0.1, -0.05) is 15.9 Å². The second kappa shape index (κ2) is 3.45. The fraction of sp³-hybridized carbons (Fsp3) is 0.750. The van der Waals surface area contributed by atoms with E-state index in [1.165, 1.54) is 0 Å². The van der Waals surface area contributed by atoms with E-state index in [-0.39, 0.29) is 17.0 Å². The highest BCUT2D eigenvalue weighted by Crippen LogP contribution is 2.14. The maximum atomic E-state index is 9.97. The predicted molar refractivity (Wildman–Crippen MR) is 41.0 cm³/mol. The van der Waals surface area contributed by atoms with Gasteiger partial charge in [0.25, 0.3) is 0 Å². The summed E-state index contributed by atoms with van der Waals surface area (Å²) >= 11 is 2.94. The minimum absolute atomic E-state index is 0. The van der Waals surface area contributed by atoms with Crippen LogP contribution in [0.4, 0.5) is 0 Å². The van der Waals surface area contributed by atoms with Crippen molar-refractivity contribution in [3.05, 3.63) is 0 Å². The molecule has 0 aliphatic carbocycles. The molecule has 0 fully saturated rings. The van der Waals surface area contributed by atoms with E-state index in [0.29, 0.717) is 0 Å². The molecule has 0 aromatic heterocycles. The Bertz CT molecular complexity index is 84.5. The van der Waals surface area contributed by atoms with Crippen LogP contribution in [-0.2, 0) is 4.79 Å². The first-order valence-electron chi connectivity index (χ1n) is 1.87. The fourth-order valence-electron chi connectivity index (χ4n) is 0. The van der Waals surface area contributed by atoms with Crippen molar-refractivity contribution in [1.29, 1.82) is 0 Å². The van der Waals surface area contributed by atoms with Crippen LogP contribution in [0, 0.1) is 0 Å². The lowest BCUT2D eigenvalue weighted by Gasteiger charge is -2.06. The Hall–Kier alpha value is 0.430. The molecule has 8 heavy (non-hydrogen) atoms. The topological polar surface area (TPSA) is 37.3 Å². The van der Waals surface area contributed by atoms with Gasteiger partial charge in [0.1, 0.15) is 4.32 Å². The van der Waals surface area contributed by atoms with Crippen molar-refractivity contribution < 1.29 is 9.90 Å². The molecular formula is C4H8Br2O2. The quantitative estimate of drug-likeness (QED) is 0.718. The van der Waals surface area contributed by atoms with E-state index >= 15 is 0 Å². The number of rotatable bonds is 1. The van der Waals surface area contributed by atoms with E-state index in [4.69, 9.17) is 5.11 Å². The average Bonchev–Trinajstić information content (AvgIpc) is 1.31. The summed E-state index contributed by atoms with van der Waals surface area (Å²) in [5, 5.41) is 8.20. The lowest BCUT2D eigenvalue weighted by molar-refractivity contribution is -0.138. The van der Waals surface area contributed by atoms with Gasteiger partial charge in [0, 0.05) is 0 Å². The van der Waals surface area contributed by atoms with E-state index in [9.17, 15) is 4.79 Å². The van der Waals surface area contributed by atoms with Crippen molar-refractivity contribution in [3.63, 3.8) is 0 Å². The van der Waals surface area contributed by atoms with Gasteiger partial charge in [-0.2, -0.15) is 0 Å². The summed E-state index contributed by atoms with van der Waals surface area (Å²) in [7, 11) is 0. The molecule has 0 saturated carbocycles. The number of carbonyl (C=O) groups is 1. The smallest absolute Gasteiger partial charge is 0.319 e. The molecule has 0 radical (unpaired) electrons. The van der Waals surface area contributed by atoms with Crippen molar-refractivity contribution in [1.82, 2.24) is 0 Å². The predicted octanol–water partition coefficient (Wildman–Crippen LogP) is 1.82. The normalized spacial score (nSPS) is 9.88. The van der Waals surface area contributed by atoms with Crippen LogP contribution in [0.25, 0.3) is 0 Å². The van der Waals surface area contributed by atoms with Crippen LogP contribution in [0.2, 0.25) is 0 Å². The van der Waals surface area contributed by atoms with Crippen molar-refractivity contribution in [2.75, 3.05) is 0 Å². The van der Waals surface area contributed by atoms with Crippen LogP contribution in [-0.4, -0.2) is 15.4 Å². The zero-order chi connectivity index (χ0) is 6.08. The van der Waals surface area contributed by atoms with Gasteiger partial charge in [0.2, 0.25) is 0 Å². The molecule has 1 N–H and O–H groups in total. The number of halogens is 2. The van der Waals surface area contributed by atoms with Crippen molar-refractivity contribution in [2.45, 2.75) is 18.2 Å². The van der Waals surface area contributed by atoms with Gasteiger partial charge in [-0.05, 0) is 13.8 Å². The number of alkyl halides is 1. The summed E-state index contributed by atoms with van der Waals surface area (Å²) in [6.45, 7) is 3.16. The van der Waals surface area contributed by atoms with Crippen molar-refractivity contribution in [3.8, 4) is 0 Å². The zero-order valence-electron chi connectivity index (χ0n) is 4.64. The van der Waals surface area contributed by atoms with Gasteiger partial charge in [0.15, 0.2) is 0 Å². The molecular weight excluding hydrogens is 240 g/mol. The molecule has 0 unspecified atom stereocenters. The lowest BCUT2D eigenvalue weighted by Crippen LogP contribution is -2.22. The first-order chi connectivity index (χ1) is 2.94. The highest BCUT2D eigenvalue weighted by molar-refractivity contribution is 9.10. The molecule has 0 spiro atoms. The highest BCUT2D eigenvalue weighted by Gasteiger charge is 2.21. The molecule has 0 amide bonds. The van der Waals surface area contributed by atoms with Crippen molar-refractivity contribution >= 4 is 38.9 Å². The number of hydrogen-bond donors (Lipinski definition) is 1.